The molecule has 1 aromatic carbocycles. The molecule has 0 aliphatic heterocycles. The molecular formula is C11H12N4O2S. The zero-order valence-electron chi connectivity index (χ0n) is 9.93. The second-order valence-corrected chi connectivity index (χ2v) is 4.17. The van der Waals surface area contributed by atoms with Gasteiger partial charge in [0.15, 0.2) is 0 Å². The summed E-state index contributed by atoms with van der Waals surface area (Å²) in [5, 5.41) is 8.94. The van der Waals surface area contributed by atoms with Crippen molar-refractivity contribution in [2.75, 3.05) is 18.7 Å². The molecule has 0 saturated heterocycles. The minimum Gasteiger partial charge on any atom is -0.466 e. The van der Waals surface area contributed by atoms with Crippen LogP contribution in [0.2, 0.25) is 0 Å². The van der Waals surface area contributed by atoms with Crippen molar-refractivity contribution in [2.24, 2.45) is 0 Å². The molecule has 0 bridgehead atoms. The van der Waals surface area contributed by atoms with Crippen molar-refractivity contribution >= 4 is 23.6 Å². The molecule has 0 aliphatic rings. The van der Waals surface area contributed by atoms with E-state index in [2.05, 4.69) is 20.5 Å². The summed E-state index contributed by atoms with van der Waals surface area (Å²) in [6, 6.07) is 7.54. The minimum atomic E-state index is -0.237. The summed E-state index contributed by atoms with van der Waals surface area (Å²) in [5.74, 6) is 0.0199. The van der Waals surface area contributed by atoms with Crippen LogP contribution < -0.4 is 10.1 Å². The summed E-state index contributed by atoms with van der Waals surface area (Å²) in [5.41, 5.74) is 0.598. The van der Waals surface area contributed by atoms with Gasteiger partial charge in [-0.25, -0.2) is 5.10 Å². The standard InChI is InChI=1S/C11H12N4O2S/c1-17-11-13-10(14-15-11)12-9(16)7-5-3-4-6-8(7)18-2/h3-6H,1-2H3,(H2,12,13,14,15,16). The number of aromatic nitrogens is 3. The lowest BCUT2D eigenvalue weighted by atomic mass is 10.2. The second-order valence-electron chi connectivity index (χ2n) is 3.33. The number of benzene rings is 1. The highest BCUT2D eigenvalue weighted by Gasteiger charge is 2.12. The fourth-order valence-electron chi connectivity index (χ4n) is 1.40. The largest absolute Gasteiger partial charge is 0.466 e. The van der Waals surface area contributed by atoms with Crippen molar-refractivity contribution in [3.05, 3.63) is 29.8 Å². The third kappa shape index (κ3) is 2.62. The van der Waals surface area contributed by atoms with Gasteiger partial charge in [-0.05, 0) is 18.4 Å². The average Bonchev–Trinajstić information content (AvgIpc) is 2.86. The maximum Gasteiger partial charge on any atom is 0.336 e. The van der Waals surface area contributed by atoms with Crippen molar-refractivity contribution < 1.29 is 9.53 Å². The molecule has 1 heterocycles. The maximum atomic E-state index is 12.0. The van der Waals surface area contributed by atoms with E-state index in [1.807, 2.05) is 24.5 Å². The number of thioether (sulfide) groups is 1. The fourth-order valence-corrected chi connectivity index (χ4v) is 2.00. The van der Waals surface area contributed by atoms with E-state index in [0.717, 1.165) is 4.90 Å². The van der Waals surface area contributed by atoms with Crippen LogP contribution in [0.25, 0.3) is 0 Å². The quantitative estimate of drug-likeness (QED) is 0.823. The Morgan fingerprint density at radius 3 is 2.89 bits per heavy atom. The second kappa shape index (κ2) is 5.54. The van der Waals surface area contributed by atoms with E-state index in [1.165, 1.54) is 18.9 Å². The monoisotopic (exact) mass is 264 g/mol. The summed E-state index contributed by atoms with van der Waals surface area (Å²) in [7, 11) is 1.46. The summed E-state index contributed by atoms with van der Waals surface area (Å²) in [4.78, 5) is 16.9. The maximum absolute atomic E-state index is 12.0. The first-order valence-corrected chi connectivity index (χ1v) is 6.38. The zero-order valence-corrected chi connectivity index (χ0v) is 10.7. The van der Waals surface area contributed by atoms with Crippen LogP contribution in [0.5, 0.6) is 6.01 Å². The van der Waals surface area contributed by atoms with Gasteiger partial charge < -0.3 is 4.74 Å². The number of methoxy groups -OCH3 is 1. The van der Waals surface area contributed by atoms with Crippen LogP contribution >= 0.6 is 11.8 Å². The molecule has 1 aromatic heterocycles. The average molecular weight is 264 g/mol. The molecule has 94 valence electrons. The predicted molar refractivity (Wildman–Crippen MR) is 69.1 cm³/mol. The number of rotatable bonds is 4. The van der Waals surface area contributed by atoms with Crippen molar-refractivity contribution in [1.29, 1.82) is 0 Å². The number of amides is 1. The smallest absolute Gasteiger partial charge is 0.336 e. The Balaban J connectivity index is 2.16. The molecule has 0 fully saturated rings. The van der Waals surface area contributed by atoms with Crippen LogP contribution in [-0.4, -0.2) is 34.5 Å². The van der Waals surface area contributed by atoms with Crippen LogP contribution in [0.3, 0.4) is 0 Å². The Labute approximate surface area is 108 Å². The van der Waals surface area contributed by atoms with E-state index in [1.54, 1.807) is 6.07 Å². The molecular weight excluding hydrogens is 252 g/mol. The van der Waals surface area contributed by atoms with Crippen LogP contribution in [0.1, 0.15) is 10.4 Å². The molecule has 0 aliphatic carbocycles. The van der Waals surface area contributed by atoms with E-state index < -0.39 is 0 Å². The van der Waals surface area contributed by atoms with Gasteiger partial charge in [0.25, 0.3) is 5.91 Å². The van der Waals surface area contributed by atoms with Crippen molar-refractivity contribution in [1.82, 2.24) is 15.2 Å². The fraction of sp³-hybridized carbons (Fsp3) is 0.182. The molecule has 2 N–H and O–H groups in total. The molecule has 0 saturated carbocycles. The highest BCUT2D eigenvalue weighted by Crippen LogP contribution is 2.20. The molecule has 7 heteroatoms. The molecule has 1 amide bonds. The first-order valence-electron chi connectivity index (χ1n) is 5.15. The summed E-state index contributed by atoms with van der Waals surface area (Å²) < 4.78 is 4.82. The minimum absolute atomic E-state index is 0.184. The molecule has 2 aromatic rings. The van der Waals surface area contributed by atoms with Gasteiger partial charge in [-0.15, -0.1) is 16.9 Å². The van der Waals surface area contributed by atoms with Crippen molar-refractivity contribution in [3.63, 3.8) is 0 Å². The SMILES string of the molecule is COc1n[nH]c(NC(=O)c2ccccc2SC)n1. The van der Waals surface area contributed by atoms with Crippen molar-refractivity contribution in [2.45, 2.75) is 4.90 Å². The normalized spacial score (nSPS) is 10.1. The predicted octanol–water partition coefficient (Wildman–Crippen LogP) is 1.79. The lowest BCUT2D eigenvalue weighted by Crippen LogP contribution is -2.13. The Morgan fingerprint density at radius 2 is 2.22 bits per heavy atom. The van der Waals surface area contributed by atoms with Crippen LogP contribution in [0, 0.1) is 0 Å². The molecule has 0 atom stereocenters. The topological polar surface area (TPSA) is 79.9 Å². The molecule has 6 nitrogen and oxygen atoms in total. The third-order valence-corrected chi connectivity index (χ3v) is 3.03. The lowest BCUT2D eigenvalue weighted by Gasteiger charge is -2.05. The molecule has 18 heavy (non-hydrogen) atoms. The molecule has 2 rings (SSSR count). The van der Waals surface area contributed by atoms with Crippen LogP contribution in [-0.2, 0) is 0 Å². The number of hydrogen-bond acceptors (Lipinski definition) is 5. The van der Waals surface area contributed by atoms with E-state index in [4.69, 9.17) is 4.74 Å². The summed E-state index contributed by atoms with van der Waals surface area (Å²) >= 11 is 1.51. The molecule has 0 radical (unpaired) electrons. The highest BCUT2D eigenvalue weighted by atomic mass is 32.2. The first-order chi connectivity index (χ1) is 8.74. The van der Waals surface area contributed by atoms with Crippen molar-refractivity contribution in [3.8, 4) is 6.01 Å². The number of anilines is 1. The number of carbonyl (C=O) groups excluding carboxylic acids is 1. The van der Waals surface area contributed by atoms with Gasteiger partial charge >= 0.3 is 6.01 Å². The van der Waals surface area contributed by atoms with Gasteiger partial charge in [-0.1, -0.05) is 12.1 Å². The van der Waals surface area contributed by atoms with Crippen LogP contribution in [0.15, 0.2) is 29.2 Å². The van der Waals surface area contributed by atoms with Gasteiger partial charge in [0, 0.05) is 4.90 Å². The van der Waals surface area contributed by atoms with Gasteiger partial charge in [0.2, 0.25) is 5.95 Å². The van der Waals surface area contributed by atoms with E-state index in [0.29, 0.717) is 5.56 Å². The number of nitrogens with one attached hydrogen (secondary N) is 2. The number of H-pyrrole nitrogens is 1. The van der Waals surface area contributed by atoms with E-state index in [9.17, 15) is 4.79 Å². The Kier molecular flexibility index (Phi) is 3.83. The summed E-state index contributed by atoms with van der Waals surface area (Å²) in [6.45, 7) is 0. The van der Waals surface area contributed by atoms with Gasteiger partial charge in [-0.3, -0.25) is 10.1 Å². The third-order valence-electron chi connectivity index (χ3n) is 2.23. The Bertz CT molecular complexity index is 555. The van der Waals surface area contributed by atoms with Crippen LogP contribution in [0.4, 0.5) is 5.95 Å². The van der Waals surface area contributed by atoms with E-state index >= 15 is 0 Å². The van der Waals surface area contributed by atoms with Gasteiger partial charge in [0.05, 0.1) is 12.7 Å². The number of hydrogen-bond donors (Lipinski definition) is 2. The van der Waals surface area contributed by atoms with Gasteiger partial charge in [0.1, 0.15) is 0 Å². The number of carbonyl (C=O) groups is 1. The number of aromatic amines is 1. The molecule has 0 spiro atoms. The lowest BCUT2D eigenvalue weighted by molar-refractivity contribution is 0.102. The first kappa shape index (κ1) is 12.4. The number of nitrogens with zero attached hydrogens (tertiary/aromatic N) is 2. The molecule has 0 unspecified atom stereocenters. The zero-order chi connectivity index (χ0) is 13.0. The van der Waals surface area contributed by atoms with Gasteiger partial charge in [-0.2, -0.15) is 4.98 Å². The highest BCUT2D eigenvalue weighted by molar-refractivity contribution is 7.98. The Hall–Kier alpha value is -2.02. The Morgan fingerprint density at radius 1 is 1.44 bits per heavy atom. The number of ether oxygens (including phenoxy) is 1. The summed E-state index contributed by atoms with van der Waals surface area (Å²) in [6.07, 6.45) is 1.92. The van der Waals surface area contributed by atoms with E-state index in [-0.39, 0.29) is 17.9 Å².